The number of hydrogen-bond donors (Lipinski definition) is 1. The van der Waals surface area contributed by atoms with Crippen molar-refractivity contribution in [1.29, 1.82) is 0 Å². The minimum atomic E-state index is -0.294. The molecule has 0 amide bonds. The summed E-state index contributed by atoms with van der Waals surface area (Å²) in [6.07, 6.45) is 5.06. The Hall–Kier alpha value is -1.85. The van der Waals surface area contributed by atoms with Gasteiger partial charge in [0.05, 0.1) is 20.3 Å². The highest BCUT2D eigenvalue weighted by Crippen LogP contribution is 2.14. The molecule has 0 unspecified atom stereocenters. The van der Waals surface area contributed by atoms with Crippen LogP contribution >= 0.6 is 0 Å². The van der Waals surface area contributed by atoms with Crippen molar-refractivity contribution in [2.24, 2.45) is 0 Å². The molecule has 0 spiro atoms. The van der Waals surface area contributed by atoms with Crippen LogP contribution in [0.2, 0.25) is 0 Å². The van der Waals surface area contributed by atoms with Gasteiger partial charge in [0.25, 0.3) is 0 Å². The van der Waals surface area contributed by atoms with Gasteiger partial charge in [-0.3, -0.25) is 4.79 Å². The predicted molar refractivity (Wildman–Crippen MR) is 93.0 cm³/mol. The Bertz CT molecular complexity index is 509. The van der Waals surface area contributed by atoms with E-state index in [0.717, 1.165) is 37.1 Å². The number of carbonyl (C=O) groups excluding carboxylic acids is 1. The molecule has 0 aliphatic carbocycles. The van der Waals surface area contributed by atoms with Gasteiger partial charge in [0, 0.05) is 6.42 Å². The van der Waals surface area contributed by atoms with E-state index in [-0.39, 0.29) is 18.1 Å². The van der Waals surface area contributed by atoms with Crippen LogP contribution in [0.1, 0.15) is 31.2 Å². The Kier molecular flexibility index (Phi) is 7.79. The van der Waals surface area contributed by atoms with Gasteiger partial charge in [-0.2, -0.15) is 0 Å². The molecule has 0 bridgehead atoms. The molecule has 5 heteroatoms. The summed E-state index contributed by atoms with van der Waals surface area (Å²) < 4.78 is 16.4. The zero-order valence-electron chi connectivity index (χ0n) is 14.3. The molecule has 2 atom stereocenters. The van der Waals surface area contributed by atoms with Crippen molar-refractivity contribution in [3.05, 3.63) is 42.5 Å². The zero-order chi connectivity index (χ0) is 17.2. The number of methoxy groups -OCH3 is 1. The lowest BCUT2D eigenvalue weighted by molar-refractivity contribution is -0.155. The molecule has 1 saturated heterocycles. The Morgan fingerprint density at radius 3 is 2.79 bits per heavy atom. The number of ether oxygens (including phenoxy) is 3. The van der Waals surface area contributed by atoms with Crippen LogP contribution in [0, 0.1) is 0 Å². The molecule has 2 rings (SSSR count). The third-order valence-corrected chi connectivity index (χ3v) is 4.04. The van der Waals surface area contributed by atoms with Crippen molar-refractivity contribution in [1.82, 2.24) is 5.32 Å². The summed E-state index contributed by atoms with van der Waals surface area (Å²) in [7, 11) is 1.64. The normalized spacial score (nSPS) is 18.6. The van der Waals surface area contributed by atoms with Gasteiger partial charge in [-0.15, -0.1) is 6.58 Å². The lowest BCUT2D eigenvalue weighted by Gasteiger charge is -2.24. The molecule has 1 aliphatic heterocycles. The number of piperidine rings is 1. The molecule has 0 radical (unpaired) electrons. The molecular weight excluding hydrogens is 306 g/mol. The van der Waals surface area contributed by atoms with Gasteiger partial charge in [0.15, 0.2) is 0 Å². The first-order valence-electron chi connectivity index (χ1n) is 8.48. The van der Waals surface area contributed by atoms with Crippen LogP contribution in [0.4, 0.5) is 0 Å². The number of nitrogens with one attached hydrogen (secondary N) is 1. The first-order valence-corrected chi connectivity index (χ1v) is 8.48. The van der Waals surface area contributed by atoms with E-state index in [0.29, 0.717) is 19.6 Å². The van der Waals surface area contributed by atoms with E-state index in [2.05, 4.69) is 11.9 Å². The molecular formula is C19H27NO4. The molecule has 0 aromatic heterocycles. The standard InChI is InChI=1S/C19H27NO4/c1-3-6-17(24-19(21)18-7-4-5-12-20-18)14-23-13-15-8-10-16(22-2)11-9-15/h3,8-11,17-18,20H,1,4-7,12-14H2,2H3/t17-,18+/m0/s1. The maximum atomic E-state index is 12.2. The van der Waals surface area contributed by atoms with Gasteiger partial charge in [0.1, 0.15) is 17.9 Å². The van der Waals surface area contributed by atoms with Crippen molar-refractivity contribution in [2.45, 2.75) is 44.4 Å². The number of rotatable bonds is 9. The molecule has 1 N–H and O–H groups in total. The van der Waals surface area contributed by atoms with E-state index in [1.54, 1.807) is 13.2 Å². The zero-order valence-corrected chi connectivity index (χ0v) is 14.3. The maximum Gasteiger partial charge on any atom is 0.323 e. The van der Waals surface area contributed by atoms with Crippen LogP contribution in [-0.4, -0.2) is 38.4 Å². The second kappa shape index (κ2) is 10.1. The number of carbonyl (C=O) groups is 1. The third kappa shape index (κ3) is 5.98. The molecule has 1 aromatic rings. The fraction of sp³-hybridized carbons (Fsp3) is 0.526. The Morgan fingerprint density at radius 2 is 2.17 bits per heavy atom. The summed E-state index contributed by atoms with van der Waals surface area (Å²) in [5, 5.41) is 3.21. The fourth-order valence-electron chi connectivity index (χ4n) is 2.67. The van der Waals surface area contributed by atoms with Gasteiger partial charge in [-0.1, -0.05) is 24.6 Å². The fourth-order valence-corrected chi connectivity index (χ4v) is 2.67. The Morgan fingerprint density at radius 1 is 1.38 bits per heavy atom. The molecule has 24 heavy (non-hydrogen) atoms. The van der Waals surface area contributed by atoms with Crippen LogP contribution in [0.5, 0.6) is 5.75 Å². The summed E-state index contributed by atoms with van der Waals surface area (Å²) in [5.41, 5.74) is 1.05. The number of benzene rings is 1. The summed E-state index contributed by atoms with van der Waals surface area (Å²) in [4.78, 5) is 12.2. The van der Waals surface area contributed by atoms with E-state index in [9.17, 15) is 4.79 Å². The monoisotopic (exact) mass is 333 g/mol. The third-order valence-electron chi connectivity index (χ3n) is 4.04. The predicted octanol–water partition coefficient (Wildman–Crippen LogP) is 2.84. The van der Waals surface area contributed by atoms with Gasteiger partial charge in [-0.25, -0.2) is 0 Å². The number of hydrogen-bond acceptors (Lipinski definition) is 5. The molecule has 1 heterocycles. The summed E-state index contributed by atoms with van der Waals surface area (Å²) in [6.45, 7) is 5.43. The molecule has 5 nitrogen and oxygen atoms in total. The molecule has 132 valence electrons. The van der Waals surface area contributed by atoms with Crippen LogP contribution in [-0.2, 0) is 20.9 Å². The largest absolute Gasteiger partial charge is 0.497 e. The minimum absolute atomic E-state index is 0.186. The van der Waals surface area contributed by atoms with Crippen molar-refractivity contribution in [2.75, 3.05) is 20.3 Å². The van der Waals surface area contributed by atoms with Gasteiger partial charge in [-0.05, 0) is 37.1 Å². The average Bonchev–Trinajstić information content (AvgIpc) is 2.63. The summed E-state index contributed by atoms with van der Waals surface area (Å²) in [6, 6.07) is 7.52. The highest BCUT2D eigenvalue weighted by molar-refractivity contribution is 5.76. The summed E-state index contributed by atoms with van der Waals surface area (Å²) in [5.74, 6) is 0.631. The van der Waals surface area contributed by atoms with Gasteiger partial charge < -0.3 is 19.5 Å². The topological polar surface area (TPSA) is 56.8 Å². The Labute approximate surface area is 144 Å². The first-order chi connectivity index (χ1) is 11.7. The van der Waals surface area contributed by atoms with Crippen LogP contribution in [0.25, 0.3) is 0 Å². The Balaban J connectivity index is 1.77. The van der Waals surface area contributed by atoms with Gasteiger partial charge in [0.2, 0.25) is 0 Å². The van der Waals surface area contributed by atoms with Crippen molar-refractivity contribution >= 4 is 5.97 Å². The second-order valence-electron chi connectivity index (χ2n) is 5.95. The van der Waals surface area contributed by atoms with Gasteiger partial charge >= 0.3 is 5.97 Å². The highest BCUT2D eigenvalue weighted by atomic mass is 16.6. The quantitative estimate of drug-likeness (QED) is 0.556. The van der Waals surface area contributed by atoms with Crippen molar-refractivity contribution < 1.29 is 19.0 Å². The number of esters is 1. The lowest BCUT2D eigenvalue weighted by Crippen LogP contribution is -2.43. The summed E-state index contributed by atoms with van der Waals surface area (Å²) >= 11 is 0. The van der Waals surface area contributed by atoms with Crippen LogP contribution in [0.15, 0.2) is 36.9 Å². The van der Waals surface area contributed by atoms with Crippen molar-refractivity contribution in [3.8, 4) is 5.75 Å². The molecule has 1 aliphatic rings. The van der Waals surface area contributed by atoms with Crippen LogP contribution < -0.4 is 10.1 Å². The van der Waals surface area contributed by atoms with Crippen LogP contribution in [0.3, 0.4) is 0 Å². The lowest BCUT2D eigenvalue weighted by atomic mass is 10.1. The highest BCUT2D eigenvalue weighted by Gasteiger charge is 2.24. The van der Waals surface area contributed by atoms with E-state index in [1.165, 1.54) is 0 Å². The van der Waals surface area contributed by atoms with E-state index in [4.69, 9.17) is 14.2 Å². The van der Waals surface area contributed by atoms with Crippen molar-refractivity contribution in [3.63, 3.8) is 0 Å². The molecule has 1 aromatic carbocycles. The minimum Gasteiger partial charge on any atom is -0.497 e. The molecule has 0 saturated carbocycles. The van der Waals surface area contributed by atoms with E-state index >= 15 is 0 Å². The van der Waals surface area contributed by atoms with E-state index < -0.39 is 0 Å². The van der Waals surface area contributed by atoms with E-state index in [1.807, 2.05) is 24.3 Å². The second-order valence-corrected chi connectivity index (χ2v) is 5.95. The molecule has 1 fully saturated rings. The SMILES string of the molecule is C=CC[C@@H](COCc1ccc(OC)cc1)OC(=O)[C@H]1CCCCN1. The first kappa shape index (κ1) is 18.5. The smallest absolute Gasteiger partial charge is 0.323 e. The average molecular weight is 333 g/mol. The maximum absolute atomic E-state index is 12.2.